The Labute approximate surface area is 53.5 Å². The monoisotopic (exact) mass is 139 g/mol. The van der Waals surface area contributed by atoms with Gasteiger partial charge >= 0.3 is 0 Å². The summed E-state index contributed by atoms with van der Waals surface area (Å²) < 4.78 is 0. The van der Waals surface area contributed by atoms with Crippen molar-refractivity contribution in [3.8, 4) is 0 Å². The largest absolute Gasteiger partial charge is 0.381 e. The normalized spacial score (nSPS) is 10.5. The molecule has 0 spiro atoms. The van der Waals surface area contributed by atoms with Crippen LogP contribution in [-0.2, 0) is 0 Å². The second kappa shape index (κ2) is 5.31. The molecule has 0 unspecified atom stereocenters. The van der Waals surface area contributed by atoms with Gasteiger partial charge in [-0.05, 0) is 0 Å². The first-order valence-corrected chi connectivity index (χ1v) is 2.88. The molecular formula is C4H10ClNO2. The van der Waals surface area contributed by atoms with Gasteiger partial charge in [-0.25, -0.2) is 0 Å². The highest BCUT2D eigenvalue weighted by atomic mass is 35.5. The molecule has 4 heteroatoms. The van der Waals surface area contributed by atoms with Gasteiger partial charge in [0.15, 0.2) is 0 Å². The number of aliphatic hydroxyl groups excluding tert-OH is 2. The van der Waals surface area contributed by atoms with Gasteiger partial charge in [0, 0.05) is 12.4 Å². The summed E-state index contributed by atoms with van der Waals surface area (Å²) in [6.45, 7) is 0.251. The molecule has 0 aromatic rings. The van der Waals surface area contributed by atoms with Gasteiger partial charge in [-0.2, -0.15) is 0 Å². The fourth-order valence-electron chi connectivity index (χ4n) is 0.306. The smallest absolute Gasteiger partial charge is 0.0974 e. The average molecular weight is 140 g/mol. The molecule has 2 N–H and O–H groups in total. The van der Waals surface area contributed by atoms with Gasteiger partial charge in [0.25, 0.3) is 0 Å². The molecule has 0 atom stereocenters. The van der Waals surface area contributed by atoms with Crippen LogP contribution in [0.15, 0.2) is 0 Å². The Balaban J connectivity index is 3.07. The van der Waals surface area contributed by atoms with Crippen molar-refractivity contribution in [2.75, 3.05) is 25.9 Å². The van der Waals surface area contributed by atoms with Crippen molar-refractivity contribution in [1.82, 2.24) is 4.90 Å². The zero-order valence-electron chi connectivity index (χ0n) is 4.55. The van der Waals surface area contributed by atoms with Crippen molar-refractivity contribution < 1.29 is 10.2 Å². The first-order chi connectivity index (χ1) is 3.85. The first-order valence-electron chi connectivity index (χ1n) is 2.35. The summed E-state index contributed by atoms with van der Waals surface area (Å²) in [6.07, 6.45) is 0. The molecule has 0 saturated carbocycles. The third-order valence-corrected chi connectivity index (χ3v) is 0.970. The third-order valence-electron chi connectivity index (χ3n) is 0.801. The van der Waals surface area contributed by atoms with Crippen molar-refractivity contribution in [1.29, 1.82) is 0 Å². The molecule has 0 amide bonds. The lowest BCUT2D eigenvalue weighted by Crippen LogP contribution is -2.27. The number of rotatable bonds is 4. The number of hydrogen-bond acceptors (Lipinski definition) is 3. The van der Waals surface area contributed by atoms with Gasteiger partial charge in [0.2, 0.25) is 0 Å². The van der Waals surface area contributed by atoms with Gasteiger partial charge in [-0.15, -0.1) is 11.6 Å². The summed E-state index contributed by atoms with van der Waals surface area (Å²) >= 11 is 5.29. The zero-order valence-corrected chi connectivity index (χ0v) is 5.30. The molecule has 0 heterocycles. The van der Waals surface area contributed by atoms with Gasteiger partial charge < -0.3 is 10.2 Å². The highest BCUT2D eigenvalue weighted by molar-refractivity contribution is 6.18. The molecule has 0 aliphatic rings. The van der Waals surface area contributed by atoms with E-state index in [2.05, 4.69) is 0 Å². The molecule has 3 nitrogen and oxygen atoms in total. The summed E-state index contributed by atoms with van der Waals surface area (Å²) in [5.41, 5.74) is 0. The molecule has 0 fully saturated rings. The minimum absolute atomic E-state index is 0.136. The molecule has 0 saturated heterocycles. The number of aliphatic hydroxyl groups is 2. The molecule has 0 aliphatic heterocycles. The quantitative estimate of drug-likeness (QED) is 0.405. The van der Waals surface area contributed by atoms with Crippen LogP contribution in [0.3, 0.4) is 0 Å². The molecule has 0 aromatic carbocycles. The van der Waals surface area contributed by atoms with Crippen molar-refractivity contribution in [2.24, 2.45) is 0 Å². The van der Waals surface area contributed by atoms with Gasteiger partial charge in [0.05, 0.1) is 13.5 Å². The lowest BCUT2D eigenvalue weighted by molar-refractivity contribution is 0.0346. The van der Waals surface area contributed by atoms with E-state index in [4.69, 9.17) is 21.8 Å². The number of halogens is 1. The lowest BCUT2D eigenvalue weighted by atomic mass is 10.7. The maximum Gasteiger partial charge on any atom is 0.0974 e. The van der Waals surface area contributed by atoms with Crippen LogP contribution in [0.1, 0.15) is 0 Å². The Morgan fingerprint density at radius 2 is 1.75 bits per heavy atom. The summed E-state index contributed by atoms with van der Waals surface area (Å²) in [5.74, 6) is 0.432. The van der Waals surface area contributed by atoms with Gasteiger partial charge in [-0.1, -0.05) is 0 Å². The van der Waals surface area contributed by atoms with Crippen LogP contribution in [0.2, 0.25) is 0 Å². The number of alkyl halides is 1. The van der Waals surface area contributed by atoms with Crippen LogP contribution in [0.25, 0.3) is 0 Å². The Bertz CT molecular complexity index is 49.3. The topological polar surface area (TPSA) is 43.7 Å². The number of hydrogen-bond donors (Lipinski definition) is 2. The number of nitrogens with zero attached hydrogens (tertiary/aromatic N) is 1. The van der Waals surface area contributed by atoms with E-state index in [1.807, 2.05) is 0 Å². The summed E-state index contributed by atoms with van der Waals surface area (Å²) in [4.78, 5) is 1.41. The minimum atomic E-state index is -0.136. The third kappa shape index (κ3) is 3.21. The summed E-state index contributed by atoms with van der Waals surface area (Å²) in [6, 6.07) is 0. The van der Waals surface area contributed by atoms with E-state index >= 15 is 0 Å². The van der Waals surface area contributed by atoms with Crippen LogP contribution in [-0.4, -0.2) is 41.0 Å². The van der Waals surface area contributed by atoms with Crippen molar-refractivity contribution in [3.63, 3.8) is 0 Å². The Kier molecular flexibility index (Phi) is 5.42. The molecule has 0 aromatic heterocycles. The molecule has 50 valence electrons. The summed E-state index contributed by atoms with van der Waals surface area (Å²) in [5, 5.41) is 16.7. The Morgan fingerprint density at radius 3 is 1.88 bits per heavy atom. The minimum Gasteiger partial charge on any atom is -0.381 e. The van der Waals surface area contributed by atoms with E-state index in [9.17, 15) is 0 Å². The average Bonchev–Trinajstić information content (AvgIpc) is 1.83. The van der Waals surface area contributed by atoms with Crippen LogP contribution in [0.4, 0.5) is 0 Å². The van der Waals surface area contributed by atoms with Crippen LogP contribution < -0.4 is 0 Å². The SMILES string of the molecule is OCN(CO)CCCl. The summed E-state index contributed by atoms with van der Waals surface area (Å²) in [7, 11) is 0. The molecule has 0 aliphatic carbocycles. The van der Waals surface area contributed by atoms with Gasteiger partial charge in [-0.3, -0.25) is 4.90 Å². The predicted molar refractivity (Wildman–Crippen MR) is 31.6 cm³/mol. The van der Waals surface area contributed by atoms with Crippen molar-refractivity contribution in [3.05, 3.63) is 0 Å². The fourth-order valence-corrected chi connectivity index (χ4v) is 0.545. The molecular weight excluding hydrogens is 130 g/mol. The first kappa shape index (κ1) is 8.17. The highest BCUT2D eigenvalue weighted by Crippen LogP contribution is 1.83. The molecule has 0 bridgehead atoms. The van der Waals surface area contributed by atoms with Gasteiger partial charge in [0.1, 0.15) is 0 Å². The maximum absolute atomic E-state index is 8.36. The predicted octanol–water partition coefficient (Wildman–Crippen LogP) is -0.573. The maximum atomic E-state index is 8.36. The van der Waals surface area contributed by atoms with E-state index in [1.165, 1.54) is 4.90 Å². The van der Waals surface area contributed by atoms with Crippen molar-refractivity contribution >= 4 is 11.6 Å². The molecule has 8 heavy (non-hydrogen) atoms. The molecule has 0 radical (unpaired) electrons. The standard InChI is InChI=1S/C4H10ClNO2/c5-1-2-6(3-7)4-8/h7-8H,1-4H2. The second-order valence-corrected chi connectivity index (χ2v) is 1.74. The van der Waals surface area contributed by atoms with Crippen molar-refractivity contribution in [2.45, 2.75) is 0 Å². The van der Waals surface area contributed by atoms with E-state index in [-0.39, 0.29) is 13.5 Å². The highest BCUT2D eigenvalue weighted by Gasteiger charge is 1.96. The van der Waals surface area contributed by atoms with E-state index in [0.717, 1.165) is 0 Å². The fraction of sp³-hybridized carbons (Fsp3) is 1.00. The zero-order chi connectivity index (χ0) is 6.41. The molecule has 0 rings (SSSR count). The lowest BCUT2D eigenvalue weighted by Gasteiger charge is -2.12. The second-order valence-electron chi connectivity index (χ2n) is 1.37. The Morgan fingerprint density at radius 1 is 1.25 bits per heavy atom. The van der Waals surface area contributed by atoms with E-state index in [0.29, 0.717) is 12.4 Å². The van der Waals surface area contributed by atoms with E-state index in [1.54, 1.807) is 0 Å². The van der Waals surface area contributed by atoms with E-state index < -0.39 is 0 Å². The van der Waals surface area contributed by atoms with Crippen LogP contribution in [0.5, 0.6) is 0 Å². The van der Waals surface area contributed by atoms with Crippen LogP contribution >= 0.6 is 11.6 Å². The Hall–Kier alpha value is 0.170. The van der Waals surface area contributed by atoms with Crippen LogP contribution in [0, 0.1) is 0 Å².